The first-order chi connectivity index (χ1) is 14.7. The van der Waals surface area contributed by atoms with Gasteiger partial charge in [0.2, 0.25) is 0 Å². The molecule has 0 atom stereocenters. The largest absolute Gasteiger partial charge is 0.418 e. The second kappa shape index (κ2) is 7.57. The summed E-state index contributed by atoms with van der Waals surface area (Å²) in [7, 11) is 1.74. The van der Waals surface area contributed by atoms with Crippen LogP contribution in [0, 0.1) is 20.8 Å². The number of benzene rings is 2. The van der Waals surface area contributed by atoms with Crippen LogP contribution in [0.2, 0.25) is 0 Å². The highest BCUT2D eigenvalue weighted by molar-refractivity contribution is 5.76. The van der Waals surface area contributed by atoms with Crippen LogP contribution in [0.4, 0.5) is 24.5 Å². The zero-order chi connectivity index (χ0) is 22.3. The number of rotatable bonds is 4. The van der Waals surface area contributed by atoms with Crippen LogP contribution in [0.1, 0.15) is 22.6 Å². The van der Waals surface area contributed by atoms with Crippen LogP contribution < -0.4 is 4.90 Å². The lowest BCUT2D eigenvalue weighted by Crippen LogP contribution is -2.15. The summed E-state index contributed by atoms with van der Waals surface area (Å²) in [6.07, 6.45) is -1.83. The van der Waals surface area contributed by atoms with E-state index < -0.39 is 11.7 Å². The van der Waals surface area contributed by atoms with E-state index in [1.165, 1.54) is 18.5 Å². The highest BCUT2D eigenvalue weighted by atomic mass is 19.4. The van der Waals surface area contributed by atoms with Gasteiger partial charge in [0.15, 0.2) is 0 Å². The third kappa shape index (κ3) is 3.78. The van der Waals surface area contributed by atoms with E-state index in [9.17, 15) is 13.2 Å². The van der Waals surface area contributed by atoms with E-state index in [2.05, 4.69) is 15.5 Å². The number of anilines is 2. The summed E-state index contributed by atoms with van der Waals surface area (Å²) in [5.41, 5.74) is 3.75. The maximum absolute atomic E-state index is 13.8. The topological polar surface area (TPSA) is 60.0 Å². The molecule has 6 nitrogen and oxygen atoms in total. The first-order valence-corrected chi connectivity index (χ1v) is 9.52. The van der Waals surface area contributed by atoms with Crippen LogP contribution in [-0.4, -0.2) is 27.2 Å². The summed E-state index contributed by atoms with van der Waals surface area (Å²) in [5.74, 6) is 0.687. The maximum atomic E-state index is 13.8. The molecule has 0 N–H and O–H groups in total. The molecule has 0 radical (unpaired) electrons. The van der Waals surface area contributed by atoms with Gasteiger partial charge in [-0.2, -0.15) is 13.2 Å². The lowest BCUT2D eigenvalue weighted by Gasteiger charge is -2.24. The smallest absolute Gasteiger partial charge is 0.361 e. The van der Waals surface area contributed by atoms with Gasteiger partial charge in [0.1, 0.15) is 5.76 Å². The van der Waals surface area contributed by atoms with Gasteiger partial charge in [-0.25, -0.2) is 4.68 Å². The van der Waals surface area contributed by atoms with E-state index in [0.717, 1.165) is 38.8 Å². The van der Waals surface area contributed by atoms with Crippen LogP contribution in [-0.2, 0) is 6.18 Å². The lowest BCUT2D eigenvalue weighted by atomic mass is 10.0. The van der Waals surface area contributed by atoms with Crippen molar-refractivity contribution in [3.05, 3.63) is 71.4 Å². The summed E-state index contributed by atoms with van der Waals surface area (Å²) in [5, 5.41) is 11.3. The van der Waals surface area contributed by atoms with Crippen molar-refractivity contribution in [1.82, 2.24) is 20.2 Å². The minimum atomic E-state index is -4.55. The van der Waals surface area contributed by atoms with Crippen LogP contribution in [0.3, 0.4) is 0 Å². The van der Waals surface area contributed by atoms with E-state index in [4.69, 9.17) is 4.52 Å². The normalized spacial score (nSPS) is 11.7. The van der Waals surface area contributed by atoms with Gasteiger partial charge in [-0.3, -0.25) is 0 Å². The highest BCUT2D eigenvalue weighted by Gasteiger charge is 2.35. The van der Waals surface area contributed by atoms with Crippen LogP contribution >= 0.6 is 0 Å². The maximum Gasteiger partial charge on any atom is 0.418 e. The second-order valence-corrected chi connectivity index (χ2v) is 7.31. The number of hydrogen-bond acceptors (Lipinski definition) is 5. The summed E-state index contributed by atoms with van der Waals surface area (Å²) in [4.78, 5) is 1.73. The van der Waals surface area contributed by atoms with Crippen molar-refractivity contribution in [1.29, 1.82) is 0 Å². The number of aromatic nitrogens is 4. The first-order valence-electron chi connectivity index (χ1n) is 9.52. The molecule has 0 spiro atoms. The van der Waals surface area contributed by atoms with Gasteiger partial charge in [-0.15, -0.1) is 5.10 Å². The Morgan fingerprint density at radius 2 is 1.81 bits per heavy atom. The van der Waals surface area contributed by atoms with E-state index in [1.807, 2.05) is 39.0 Å². The minimum Gasteiger partial charge on any atom is -0.361 e. The molecule has 9 heteroatoms. The molecule has 2 aromatic heterocycles. The SMILES string of the molecule is Cc1ccc(-c2c(C)noc2C)cc1N(C)c1ccc(-n2ccnn2)c(C(F)(F)F)c1. The van der Waals surface area contributed by atoms with Crippen LogP contribution in [0.5, 0.6) is 0 Å². The Hall–Kier alpha value is -3.62. The molecule has 0 unspecified atom stereocenters. The average Bonchev–Trinajstić information content (AvgIpc) is 3.37. The predicted molar refractivity (Wildman–Crippen MR) is 111 cm³/mol. The fourth-order valence-electron chi connectivity index (χ4n) is 3.66. The number of aryl methyl sites for hydroxylation is 3. The molecule has 0 aliphatic heterocycles. The second-order valence-electron chi connectivity index (χ2n) is 7.31. The van der Waals surface area contributed by atoms with Crippen LogP contribution in [0.15, 0.2) is 53.3 Å². The third-order valence-corrected chi connectivity index (χ3v) is 5.23. The summed E-state index contributed by atoms with van der Waals surface area (Å²) >= 11 is 0. The van der Waals surface area contributed by atoms with E-state index in [0.29, 0.717) is 11.4 Å². The van der Waals surface area contributed by atoms with Crippen molar-refractivity contribution in [2.75, 3.05) is 11.9 Å². The molecular weight excluding hydrogens is 407 g/mol. The predicted octanol–water partition coefficient (Wildman–Crippen LogP) is 5.63. The van der Waals surface area contributed by atoms with E-state index >= 15 is 0 Å². The highest BCUT2D eigenvalue weighted by Crippen LogP contribution is 2.39. The van der Waals surface area contributed by atoms with Crippen molar-refractivity contribution in [2.24, 2.45) is 0 Å². The Kier molecular flexibility index (Phi) is 5.04. The number of alkyl halides is 3. The molecule has 2 aromatic carbocycles. The Morgan fingerprint density at radius 3 is 2.42 bits per heavy atom. The molecular formula is C22H20F3N5O. The van der Waals surface area contributed by atoms with Gasteiger partial charge in [0, 0.05) is 24.0 Å². The van der Waals surface area contributed by atoms with Crippen molar-refractivity contribution in [3.8, 4) is 16.8 Å². The summed E-state index contributed by atoms with van der Waals surface area (Å²) in [6.45, 7) is 5.60. The first kappa shape index (κ1) is 20.6. The van der Waals surface area contributed by atoms with Crippen molar-refractivity contribution in [3.63, 3.8) is 0 Å². The molecule has 0 saturated heterocycles. The molecule has 2 heterocycles. The van der Waals surface area contributed by atoms with Gasteiger partial charge < -0.3 is 9.42 Å². The van der Waals surface area contributed by atoms with Gasteiger partial charge in [0.05, 0.1) is 29.3 Å². The summed E-state index contributed by atoms with van der Waals surface area (Å²) < 4.78 is 47.8. The third-order valence-electron chi connectivity index (χ3n) is 5.23. The molecule has 0 saturated carbocycles. The zero-order valence-electron chi connectivity index (χ0n) is 17.4. The number of hydrogen-bond donors (Lipinski definition) is 0. The molecule has 31 heavy (non-hydrogen) atoms. The fraction of sp³-hybridized carbons (Fsp3) is 0.227. The van der Waals surface area contributed by atoms with E-state index in [-0.39, 0.29) is 5.69 Å². The number of halogens is 3. The quantitative estimate of drug-likeness (QED) is 0.422. The fourth-order valence-corrected chi connectivity index (χ4v) is 3.66. The molecule has 4 aromatic rings. The van der Waals surface area contributed by atoms with Gasteiger partial charge in [-0.05, 0) is 56.2 Å². The van der Waals surface area contributed by atoms with Gasteiger partial charge in [-0.1, -0.05) is 22.5 Å². The molecule has 4 rings (SSSR count). The Balaban J connectivity index is 1.80. The monoisotopic (exact) mass is 427 g/mol. The Morgan fingerprint density at radius 1 is 1.03 bits per heavy atom. The zero-order valence-corrected chi connectivity index (χ0v) is 17.4. The van der Waals surface area contributed by atoms with Gasteiger partial charge >= 0.3 is 6.18 Å². The summed E-state index contributed by atoms with van der Waals surface area (Å²) in [6, 6.07) is 9.97. The van der Waals surface area contributed by atoms with Crippen LogP contribution in [0.25, 0.3) is 16.8 Å². The van der Waals surface area contributed by atoms with Gasteiger partial charge in [0.25, 0.3) is 0 Å². The molecule has 0 fully saturated rings. The lowest BCUT2D eigenvalue weighted by molar-refractivity contribution is -0.137. The Bertz CT molecular complexity index is 1210. The average molecular weight is 427 g/mol. The van der Waals surface area contributed by atoms with Crippen molar-refractivity contribution < 1.29 is 17.7 Å². The van der Waals surface area contributed by atoms with E-state index in [1.54, 1.807) is 18.0 Å². The molecule has 0 bridgehead atoms. The molecule has 160 valence electrons. The molecule has 0 amide bonds. The van der Waals surface area contributed by atoms with Crippen molar-refractivity contribution >= 4 is 11.4 Å². The standard InChI is InChI=1S/C22H20F3N5O/c1-13-5-6-16(21-14(2)27-31-15(21)3)11-20(13)29(4)17-7-8-19(30-10-9-26-28-30)18(12-17)22(23,24)25/h5-12H,1-4H3. The molecule has 0 aliphatic rings. The molecule has 0 aliphatic carbocycles. The minimum absolute atomic E-state index is 0.0802. The van der Waals surface area contributed by atoms with Crippen molar-refractivity contribution in [2.45, 2.75) is 26.9 Å². The Labute approximate surface area is 176 Å². The number of nitrogens with zero attached hydrogens (tertiary/aromatic N) is 5.